The molecule has 0 fully saturated rings. The summed E-state index contributed by atoms with van der Waals surface area (Å²) in [4.78, 5) is 0. The number of aliphatic hydroxyl groups excluding tert-OH is 1. The highest BCUT2D eigenvalue weighted by Crippen LogP contribution is 2.03. The Hall–Kier alpha value is -0.0800. The van der Waals surface area contributed by atoms with Gasteiger partial charge in [0.15, 0.2) is 0 Å². The van der Waals surface area contributed by atoms with Crippen molar-refractivity contribution < 1.29 is 9.84 Å². The third kappa shape index (κ3) is 6.05. The van der Waals surface area contributed by atoms with Gasteiger partial charge in [-0.2, -0.15) is 0 Å². The third-order valence-corrected chi connectivity index (χ3v) is 1.44. The van der Waals surface area contributed by atoms with Crippen LogP contribution in [-0.2, 0) is 4.74 Å². The Labute approximate surface area is 63.2 Å². The first-order valence-corrected chi connectivity index (χ1v) is 3.96. The molecule has 2 nitrogen and oxygen atoms in total. The summed E-state index contributed by atoms with van der Waals surface area (Å²) in [6, 6.07) is 0. The Balaban J connectivity index is 3.12. The fourth-order valence-corrected chi connectivity index (χ4v) is 0.844. The molecule has 0 saturated carbocycles. The average Bonchev–Trinajstić information content (AvgIpc) is 1.85. The topological polar surface area (TPSA) is 29.5 Å². The average molecular weight is 146 g/mol. The molecule has 2 atom stereocenters. The largest absolute Gasteiger partial charge is 0.393 e. The van der Waals surface area contributed by atoms with Gasteiger partial charge in [0.25, 0.3) is 0 Å². The van der Waals surface area contributed by atoms with Crippen LogP contribution in [0.1, 0.15) is 33.6 Å². The van der Waals surface area contributed by atoms with E-state index in [-0.39, 0.29) is 6.10 Å². The highest BCUT2D eigenvalue weighted by Gasteiger charge is 2.02. The standard InChI is InChI=1S/C8H18O2/c1-4-10-8(3)6-5-7(2)9/h7-9H,4-6H2,1-3H3/t7-,8-/m0/s1. The van der Waals surface area contributed by atoms with E-state index in [2.05, 4.69) is 0 Å². The molecule has 0 saturated heterocycles. The van der Waals surface area contributed by atoms with E-state index in [4.69, 9.17) is 9.84 Å². The minimum absolute atomic E-state index is 0.192. The van der Waals surface area contributed by atoms with Gasteiger partial charge in [-0.1, -0.05) is 0 Å². The fraction of sp³-hybridized carbons (Fsp3) is 1.00. The molecule has 0 heterocycles. The van der Waals surface area contributed by atoms with E-state index in [0.717, 1.165) is 19.4 Å². The van der Waals surface area contributed by atoms with E-state index in [9.17, 15) is 0 Å². The Morgan fingerprint density at radius 3 is 2.30 bits per heavy atom. The number of aliphatic hydroxyl groups is 1. The van der Waals surface area contributed by atoms with Gasteiger partial charge in [0, 0.05) is 6.61 Å². The molecule has 2 heteroatoms. The molecule has 0 radical (unpaired) electrons. The number of ether oxygens (including phenoxy) is 1. The fourth-order valence-electron chi connectivity index (χ4n) is 0.844. The normalized spacial score (nSPS) is 16.8. The zero-order valence-electron chi connectivity index (χ0n) is 7.13. The molecular weight excluding hydrogens is 128 g/mol. The number of hydrogen-bond donors (Lipinski definition) is 1. The van der Waals surface area contributed by atoms with Gasteiger partial charge in [-0.3, -0.25) is 0 Å². The zero-order valence-corrected chi connectivity index (χ0v) is 7.13. The number of rotatable bonds is 5. The first-order chi connectivity index (χ1) is 4.66. The lowest BCUT2D eigenvalue weighted by molar-refractivity contribution is 0.0570. The SMILES string of the molecule is CCO[C@@H](C)CC[C@H](C)O. The summed E-state index contributed by atoms with van der Waals surface area (Å²) in [5.74, 6) is 0. The molecule has 0 aromatic heterocycles. The predicted octanol–water partition coefficient (Wildman–Crippen LogP) is 1.57. The lowest BCUT2D eigenvalue weighted by Crippen LogP contribution is -2.11. The summed E-state index contributed by atoms with van der Waals surface area (Å²) < 4.78 is 5.28. The minimum atomic E-state index is -0.192. The van der Waals surface area contributed by atoms with Gasteiger partial charge in [-0.15, -0.1) is 0 Å². The van der Waals surface area contributed by atoms with Crippen LogP contribution in [0.2, 0.25) is 0 Å². The van der Waals surface area contributed by atoms with E-state index in [1.54, 1.807) is 6.92 Å². The molecule has 0 unspecified atom stereocenters. The first-order valence-electron chi connectivity index (χ1n) is 3.96. The smallest absolute Gasteiger partial charge is 0.0547 e. The molecule has 0 rings (SSSR count). The maximum Gasteiger partial charge on any atom is 0.0547 e. The van der Waals surface area contributed by atoms with Crippen LogP contribution in [0.5, 0.6) is 0 Å². The van der Waals surface area contributed by atoms with Crippen molar-refractivity contribution in [3.05, 3.63) is 0 Å². The van der Waals surface area contributed by atoms with Crippen LogP contribution < -0.4 is 0 Å². The summed E-state index contributed by atoms with van der Waals surface area (Å²) in [5, 5.41) is 8.91. The van der Waals surface area contributed by atoms with Crippen molar-refractivity contribution in [3.63, 3.8) is 0 Å². The minimum Gasteiger partial charge on any atom is -0.393 e. The van der Waals surface area contributed by atoms with Gasteiger partial charge >= 0.3 is 0 Å². The van der Waals surface area contributed by atoms with Crippen molar-refractivity contribution >= 4 is 0 Å². The molecular formula is C8H18O2. The van der Waals surface area contributed by atoms with E-state index in [1.807, 2.05) is 13.8 Å². The van der Waals surface area contributed by atoms with Crippen LogP contribution >= 0.6 is 0 Å². The lowest BCUT2D eigenvalue weighted by Gasteiger charge is -2.11. The molecule has 10 heavy (non-hydrogen) atoms. The van der Waals surface area contributed by atoms with Crippen LogP contribution in [-0.4, -0.2) is 23.9 Å². The molecule has 0 aromatic carbocycles. The second kappa shape index (κ2) is 5.69. The molecule has 62 valence electrons. The summed E-state index contributed by atoms with van der Waals surface area (Å²) in [6.45, 7) is 6.59. The van der Waals surface area contributed by atoms with Gasteiger partial charge in [-0.25, -0.2) is 0 Å². The quantitative estimate of drug-likeness (QED) is 0.638. The molecule has 0 aliphatic carbocycles. The zero-order chi connectivity index (χ0) is 7.98. The van der Waals surface area contributed by atoms with E-state index >= 15 is 0 Å². The summed E-state index contributed by atoms with van der Waals surface area (Å²) in [6.07, 6.45) is 1.88. The highest BCUT2D eigenvalue weighted by atomic mass is 16.5. The molecule has 0 aliphatic heterocycles. The number of hydrogen-bond acceptors (Lipinski definition) is 2. The van der Waals surface area contributed by atoms with Crippen molar-refractivity contribution in [2.75, 3.05) is 6.61 Å². The van der Waals surface area contributed by atoms with Gasteiger partial charge in [0.1, 0.15) is 0 Å². The highest BCUT2D eigenvalue weighted by molar-refractivity contribution is 4.53. The van der Waals surface area contributed by atoms with Crippen molar-refractivity contribution in [1.29, 1.82) is 0 Å². The van der Waals surface area contributed by atoms with E-state index in [1.165, 1.54) is 0 Å². The first kappa shape index (κ1) is 9.92. The Kier molecular flexibility index (Phi) is 5.64. The van der Waals surface area contributed by atoms with E-state index < -0.39 is 0 Å². The Morgan fingerprint density at radius 1 is 1.30 bits per heavy atom. The predicted molar refractivity (Wildman–Crippen MR) is 42.0 cm³/mol. The summed E-state index contributed by atoms with van der Waals surface area (Å²) >= 11 is 0. The van der Waals surface area contributed by atoms with Crippen LogP contribution in [0, 0.1) is 0 Å². The van der Waals surface area contributed by atoms with Crippen molar-refractivity contribution in [1.82, 2.24) is 0 Å². The van der Waals surface area contributed by atoms with Gasteiger partial charge in [0.05, 0.1) is 12.2 Å². The molecule has 0 aromatic rings. The van der Waals surface area contributed by atoms with Crippen LogP contribution in [0.4, 0.5) is 0 Å². The molecule has 0 amide bonds. The molecule has 0 bridgehead atoms. The second-order valence-corrected chi connectivity index (χ2v) is 2.69. The molecule has 1 N–H and O–H groups in total. The van der Waals surface area contributed by atoms with Crippen molar-refractivity contribution in [2.24, 2.45) is 0 Å². The Bertz CT molecular complexity index is 71.7. The molecule has 0 spiro atoms. The van der Waals surface area contributed by atoms with Gasteiger partial charge in [-0.05, 0) is 33.6 Å². The second-order valence-electron chi connectivity index (χ2n) is 2.69. The van der Waals surface area contributed by atoms with Gasteiger partial charge in [0.2, 0.25) is 0 Å². The molecule has 0 aliphatic rings. The monoisotopic (exact) mass is 146 g/mol. The lowest BCUT2D eigenvalue weighted by atomic mass is 10.1. The van der Waals surface area contributed by atoms with E-state index in [0.29, 0.717) is 6.10 Å². The van der Waals surface area contributed by atoms with Crippen LogP contribution in [0.3, 0.4) is 0 Å². The maximum atomic E-state index is 8.91. The van der Waals surface area contributed by atoms with Crippen LogP contribution in [0.25, 0.3) is 0 Å². The maximum absolute atomic E-state index is 8.91. The van der Waals surface area contributed by atoms with Crippen LogP contribution in [0.15, 0.2) is 0 Å². The Morgan fingerprint density at radius 2 is 1.90 bits per heavy atom. The summed E-state index contributed by atoms with van der Waals surface area (Å²) in [5.41, 5.74) is 0. The summed E-state index contributed by atoms with van der Waals surface area (Å²) in [7, 11) is 0. The van der Waals surface area contributed by atoms with Crippen molar-refractivity contribution in [3.8, 4) is 0 Å². The third-order valence-electron chi connectivity index (χ3n) is 1.44. The van der Waals surface area contributed by atoms with Gasteiger partial charge < -0.3 is 9.84 Å². The van der Waals surface area contributed by atoms with Crippen molar-refractivity contribution in [2.45, 2.75) is 45.8 Å².